The molecule has 0 aliphatic carbocycles. The average molecular weight is 250 g/mol. The molecule has 1 aromatic heterocycles. The molecule has 0 aromatic carbocycles. The van der Waals surface area contributed by atoms with Crippen LogP contribution < -0.4 is 15.4 Å². The van der Waals surface area contributed by atoms with E-state index in [4.69, 9.17) is 10.5 Å². The Labute approximate surface area is 109 Å². The van der Waals surface area contributed by atoms with E-state index in [1.165, 1.54) is 0 Å². The van der Waals surface area contributed by atoms with Crippen LogP contribution in [0, 0.1) is 0 Å². The van der Waals surface area contributed by atoms with E-state index in [9.17, 15) is 0 Å². The number of ether oxygens (including phenoxy) is 1. The molecular formula is C13H22N4O. The number of nitrogens with zero attached hydrogens (tertiary/aromatic N) is 3. The van der Waals surface area contributed by atoms with Crippen LogP contribution >= 0.6 is 0 Å². The van der Waals surface area contributed by atoms with Crippen LogP contribution in [0.25, 0.3) is 0 Å². The van der Waals surface area contributed by atoms with Gasteiger partial charge in [-0.25, -0.2) is 4.98 Å². The Morgan fingerprint density at radius 1 is 1.50 bits per heavy atom. The first-order valence-electron chi connectivity index (χ1n) is 6.49. The molecule has 1 saturated heterocycles. The molecule has 2 heterocycles. The summed E-state index contributed by atoms with van der Waals surface area (Å²) in [5, 5.41) is 0. The van der Waals surface area contributed by atoms with Crippen LogP contribution in [0.1, 0.15) is 6.92 Å². The van der Waals surface area contributed by atoms with Gasteiger partial charge in [0.15, 0.2) is 11.6 Å². The number of piperazine rings is 1. The standard InChI is InChI=1S/C13H22N4O/c1-3-18-12-5-4-6-15-13(12)17-8-7-16(2)10-11(17)9-14/h4-6,11H,3,7-10,14H2,1-2H3. The first-order chi connectivity index (χ1) is 8.76. The number of nitrogens with two attached hydrogens (primary N) is 1. The van der Waals surface area contributed by atoms with E-state index >= 15 is 0 Å². The number of likely N-dealkylation sites (N-methyl/N-ethyl adjacent to an activating group) is 1. The van der Waals surface area contributed by atoms with E-state index in [1.54, 1.807) is 0 Å². The maximum atomic E-state index is 5.88. The molecule has 0 bridgehead atoms. The number of pyridine rings is 1. The molecule has 0 spiro atoms. The highest BCUT2D eigenvalue weighted by molar-refractivity contribution is 5.53. The van der Waals surface area contributed by atoms with Gasteiger partial charge in [-0.15, -0.1) is 0 Å². The second kappa shape index (κ2) is 6.02. The molecule has 1 aliphatic heterocycles. The van der Waals surface area contributed by atoms with Gasteiger partial charge in [0.1, 0.15) is 0 Å². The Bertz CT molecular complexity index is 385. The first kappa shape index (κ1) is 13.1. The number of anilines is 1. The van der Waals surface area contributed by atoms with Gasteiger partial charge >= 0.3 is 0 Å². The Balaban J connectivity index is 2.23. The van der Waals surface area contributed by atoms with Crippen LogP contribution in [-0.4, -0.2) is 55.8 Å². The van der Waals surface area contributed by atoms with Crippen molar-refractivity contribution in [2.75, 3.05) is 44.7 Å². The predicted octanol–water partition coefficient (Wildman–Crippen LogP) is 0.559. The molecule has 18 heavy (non-hydrogen) atoms. The smallest absolute Gasteiger partial charge is 0.171 e. The van der Waals surface area contributed by atoms with Crippen LogP contribution in [0.2, 0.25) is 0 Å². The molecule has 1 fully saturated rings. The first-order valence-corrected chi connectivity index (χ1v) is 6.49. The second-order valence-electron chi connectivity index (χ2n) is 4.60. The quantitative estimate of drug-likeness (QED) is 0.846. The lowest BCUT2D eigenvalue weighted by Gasteiger charge is -2.40. The number of hydrogen-bond donors (Lipinski definition) is 1. The lowest BCUT2D eigenvalue weighted by molar-refractivity contribution is 0.265. The number of hydrogen-bond acceptors (Lipinski definition) is 5. The summed E-state index contributed by atoms with van der Waals surface area (Å²) in [5.41, 5.74) is 5.88. The summed E-state index contributed by atoms with van der Waals surface area (Å²) in [6.07, 6.45) is 1.81. The van der Waals surface area contributed by atoms with Crippen molar-refractivity contribution in [3.05, 3.63) is 18.3 Å². The van der Waals surface area contributed by atoms with Crippen LogP contribution in [0.15, 0.2) is 18.3 Å². The monoisotopic (exact) mass is 250 g/mol. The molecule has 0 radical (unpaired) electrons. The Hall–Kier alpha value is -1.33. The maximum Gasteiger partial charge on any atom is 0.171 e. The molecule has 100 valence electrons. The summed E-state index contributed by atoms with van der Waals surface area (Å²) in [4.78, 5) is 9.04. The molecule has 1 aromatic rings. The lowest BCUT2D eigenvalue weighted by Crippen LogP contribution is -2.55. The number of rotatable bonds is 4. The topological polar surface area (TPSA) is 54.6 Å². The summed E-state index contributed by atoms with van der Waals surface area (Å²) < 4.78 is 5.65. The van der Waals surface area contributed by atoms with Crippen LogP contribution in [0.5, 0.6) is 5.75 Å². The van der Waals surface area contributed by atoms with Gasteiger partial charge in [0.05, 0.1) is 12.6 Å². The van der Waals surface area contributed by atoms with E-state index in [0.717, 1.165) is 31.2 Å². The van der Waals surface area contributed by atoms with Crippen molar-refractivity contribution in [1.29, 1.82) is 0 Å². The summed E-state index contributed by atoms with van der Waals surface area (Å²) in [6.45, 7) is 6.21. The Kier molecular flexibility index (Phi) is 4.38. The molecule has 2 N–H and O–H groups in total. The highest BCUT2D eigenvalue weighted by Gasteiger charge is 2.27. The predicted molar refractivity (Wildman–Crippen MR) is 73.1 cm³/mol. The van der Waals surface area contributed by atoms with Crippen molar-refractivity contribution < 1.29 is 4.74 Å². The fourth-order valence-corrected chi connectivity index (χ4v) is 2.36. The molecule has 5 nitrogen and oxygen atoms in total. The van der Waals surface area contributed by atoms with E-state index in [0.29, 0.717) is 19.2 Å². The van der Waals surface area contributed by atoms with Crippen LogP contribution in [-0.2, 0) is 0 Å². The van der Waals surface area contributed by atoms with E-state index in [-0.39, 0.29) is 0 Å². The third kappa shape index (κ3) is 2.73. The lowest BCUT2D eigenvalue weighted by atomic mass is 10.1. The minimum atomic E-state index is 0.304. The van der Waals surface area contributed by atoms with Gasteiger partial charge in [0.2, 0.25) is 0 Å². The van der Waals surface area contributed by atoms with Gasteiger partial charge in [0.25, 0.3) is 0 Å². The van der Waals surface area contributed by atoms with Gasteiger partial charge in [-0.2, -0.15) is 0 Å². The van der Waals surface area contributed by atoms with E-state index < -0.39 is 0 Å². The zero-order chi connectivity index (χ0) is 13.0. The number of aromatic nitrogens is 1. The third-order valence-corrected chi connectivity index (χ3v) is 3.28. The Morgan fingerprint density at radius 3 is 3.06 bits per heavy atom. The van der Waals surface area contributed by atoms with Crippen molar-refractivity contribution in [2.45, 2.75) is 13.0 Å². The molecule has 0 amide bonds. The summed E-state index contributed by atoms with van der Waals surface area (Å²) in [7, 11) is 2.13. The van der Waals surface area contributed by atoms with Gasteiger partial charge in [-0.3, -0.25) is 0 Å². The minimum Gasteiger partial charge on any atom is -0.490 e. The molecule has 2 rings (SSSR count). The highest BCUT2D eigenvalue weighted by atomic mass is 16.5. The van der Waals surface area contributed by atoms with E-state index in [1.807, 2.05) is 25.3 Å². The zero-order valence-electron chi connectivity index (χ0n) is 11.2. The van der Waals surface area contributed by atoms with Crippen molar-refractivity contribution >= 4 is 5.82 Å². The van der Waals surface area contributed by atoms with Crippen molar-refractivity contribution in [1.82, 2.24) is 9.88 Å². The normalized spacial score (nSPS) is 21.1. The van der Waals surface area contributed by atoms with Crippen molar-refractivity contribution in [2.24, 2.45) is 5.73 Å². The highest BCUT2D eigenvalue weighted by Crippen LogP contribution is 2.28. The summed E-state index contributed by atoms with van der Waals surface area (Å²) in [6, 6.07) is 4.18. The molecule has 1 unspecified atom stereocenters. The minimum absolute atomic E-state index is 0.304. The molecule has 1 aliphatic rings. The Morgan fingerprint density at radius 2 is 2.33 bits per heavy atom. The summed E-state index contributed by atoms with van der Waals surface area (Å²) in [5.74, 6) is 1.77. The third-order valence-electron chi connectivity index (χ3n) is 3.28. The largest absolute Gasteiger partial charge is 0.490 e. The van der Waals surface area contributed by atoms with Crippen molar-refractivity contribution in [3.63, 3.8) is 0 Å². The average Bonchev–Trinajstić information content (AvgIpc) is 2.40. The second-order valence-corrected chi connectivity index (χ2v) is 4.60. The fraction of sp³-hybridized carbons (Fsp3) is 0.615. The maximum absolute atomic E-state index is 5.88. The van der Waals surface area contributed by atoms with E-state index in [2.05, 4.69) is 21.8 Å². The molecule has 1 atom stereocenters. The molecular weight excluding hydrogens is 228 g/mol. The van der Waals surface area contributed by atoms with Crippen molar-refractivity contribution in [3.8, 4) is 5.75 Å². The summed E-state index contributed by atoms with van der Waals surface area (Å²) >= 11 is 0. The van der Waals surface area contributed by atoms with Gasteiger partial charge in [-0.1, -0.05) is 0 Å². The zero-order valence-corrected chi connectivity index (χ0v) is 11.2. The van der Waals surface area contributed by atoms with Crippen LogP contribution in [0.3, 0.4) is 0 Å². The molecule has 0 saturated carbocycles. The molecule has 5 heteroatoms. The van der Waals surface area contributed by atoms with Gasteiger partial charge < -0.3 is 20.3 Å². The van der Waals surface area contributed by atoms with Crippen LogP contribution in [0.4, 0.5) is 5.82 Å². The fourth-order valence-electron chi connectivity index (χ4n) is 2.36. The van der Waals surface area contributed by atoms with Gasteiger partial charge in [0, 0.05) is 32.4 Å². The SMILES string of the molecule is CCOc1cccnc1N1CCN(C)CC1CN. The van der Waals surface area contributed by atoms with Gasteiger partial charge in [-0.05, 0) is 26.1 Å².